The van der Waals surface area contributed by atoms with E-state index in [1.54, 1.807) is 0 Å². The number of ether oxygens (including phenoxy) is 3. The van der Waals surface area contributed by atoms with Crippen molar-refractivity contribution in [1.82, 2.24) is 15.5 Å². The van der Waals surface area contributed by atoms with Gasteiger partial charge in [0.1, 0.15) is 11.1 Å². The molecule has 1 saturated heterocycles. The largest absolute Gasteiger partial charge is 0.444 e. The number of rotatable bonds is 9. The van der Waals surface area contributed by atoms with Crippen molar-refractivity contribution in [2.75, 3.05) is 31.2 Å². The molecule has 0 saturated carbocycles. The molecule has 2 aliphatic heterocycles. The summed E-state index contributed by atoms with van der Waals surface area (Å²) in [6, 6.07) is 12.7. The number of anilines is 1. The maximum absolute atomic E-state index is 12.9. The number of amides is 1. The molecule has 0 unspecified atom stereocenters. The van der Waals surface area contributed by atoms with Crippen molar-refractivity contribution in [1.29, 1.82) is 0 Å². The molecule has 1 aromatic heterocycles. The van der Waals surface area contributed by atoms with E-state index in [0.717, 1.165) is 61.0 Å². The lowest BCUT2D eigenvalue weighted by molar-refractivity contribution is -0.269. The van der Waals surface area contributed by atoms with Gasteiger partial charge in [-0.1, -0.05) is 50.0 Å². The van der Waals surface area contributed by atoms with Crippen LogP contribution in [0.25, 0.3) is 22.8 Å². The van der Waals surface area contributed by atoms with Crippen LogP contribution in [-0.4, -0.2) is 59.5 Å². The van der Waals surface area contributed by atoms with Crippen molar-refractivity contribution in [3.05, 3.63) is 53.1 Å². The van der Waals surface area contributed by atoms with Crippen LogP contribution >= 0.6 is 0 Å². The monoisotopic (exact) mass is 590 g/mol. The van der Waals surface area contributed by atoms with Gasteiger partial charge in [-0.3, -0.25) is 0 Å². The van der Waals surface area contributed by atoms with E-state index in [1.165, 1.54) is 11.1 Å². The Balaban J connectivity index is 1.39. The standard InChI is InChI=1S/C34H46N4O5/c1-8-11-23-15-16-25(19-24(23)12-9-2)30-35-29(37-43-30)27-13-10-14-28-26(27)17-18-38(28)20-34(21-40-33(6,7)41-22-34)36-31(39)42-32(3,4)5/h10,13-16,19H,8-9,11-12,17-18,20-22H2,1-7H3,(H,36,39). The molecule has 9 heteroatoms. The number of carbonyl (C=O) groups excluding carboxylic acids is 1. The highest BCUT2D eigenvalue weighted by Crippen LogP contribution is 2.37. The molecule has 9 nitrogen and oxygen atoms in total. The van der Waals surface area contributed by atoms with E-state index in [1.807, 2.05) is 46.8 Å². The number of alkyl carbamates (subject to hydrolysis) is 1. The van der Waals surface area contributed by atoms with Crippen LogP contribution in [0.15, 0.2) is 40.9 Å². The summed E-state index contributed by atoms with van der Waals surface area (Å²) < 4.78 is 23.5. The number of aryl methyl sites for hydroxylation is 2. The lowest BCUT2D eigenvalue weighted by Gasteiger charge is -2.45. The van der Waals surface area contributed by atoms with Crippen LogP contribution in [0.3, 0.4) is 0 Å². The highest BCUT2D eigenvalue weighted by atomic mass is 16.7. The Hall–Kier alpha value is -3.43. The van der Waals surface area contributed by atoms with E-state index in [2.05, 4.69) is 53.5 Å². The Kier molecular flexibility index (Phi) is 8.86. The van der Waals surface area contributed by atoms with Crippen LogP contribution < -0.4 is 10.2 Å². The first kappa shape index (κ1) is 31.0. The fraction of sp³-hybridized carbons (Fsp3) is 0.559. The van der Waals surface area contributed by atoms with E-state index in [-0.39, 0.29) is 0 Å². The number of aromatic nitrogens is 2. The van der Waals surface area contributed by atoms with E-state index in [9.17, 15) is 4.79 Å². The van der Waals surface area contributed by atoms with Crippen LogP contribution in [-0.2, 0) is 33.5 Å². The van der Waals surface area contributed by atoms with Crippen LogP contribution in [0.4, 0.5) is 10.5 Å². The lowest BCUT2D eigenvalue weighted by Crippen LogP contribution is -2.66. The van der Waals surface area contributed by atoms with Gasteiger partial charge < -0.3 is 29.0 Å². The topological polar surface area (TPSA) is 99.0 Å². The summed E-state index contributed by atoms with van der Waals surface area (Å²) in [5, 5.41) is 7.49. The Morgan fingerprint density at radius 3 is 2.47 bits per heavy atom. The quantitative estimate of drug-likeness (QED) is 0.293. The van der Waals surface area contributed by atoms with Crippen molar-refractivity contribution in [3.63, 3.8) is 0 Å². The minimum atomic E-state index is -0.783. The number of fused-ring (bicyclic) bond motifs is 1. The number of hydrogen-bond acceptors (Lipinski definition) is 8. The van der Waals surface area contributed by atoms with Gasteiger partial charge in [-0.25, -0.2) is 4.79 Å². The van der Waals surface area contributed by atoms with Gasteiger partial charge in [0, 0.05) is 29.9 Å². The third-order valence-corrected chi connectivity index (χ3v) is 7.93. The molecule has 232 valence electrons. The highest BCUT2D eigenvalue weighted by molar-refractivity contribution is 5.74. The second kappa shape index (κ2) is 12.3. The third kappa shape index (κ3) is 7.21. The Bertz CT molecular complexity index is 1430. The molecule has 43 heavy (non-hydrogen) atoms. The van der Waals surface area contributed by atoms with Gasteiger partial charge in [0.2, 0.25) is 5.82 Å². The minimum Gasteiger partial charge on any atom is -0.444 e. The van der Waals surface area contributed by atoms with Crippen molar-refractivity contribution in [3.8, 4) is 22.8 Å². The first-order chi connectivity index (χ1) is 20.4. The second-order valence-corrected chi connectivity index (χ2v) is 13.3. The zero-order valence-corrected chi connectivity index (χ0v) is 26.7. The Morgan fingerprint density at radius 1 is 1.05 bits per heavy atom. The summed E-state index contributed by atoms with van der Waals surface area (Å²) in [6.45, 7) is 15.6. The molecule has 0 spiro atoms. The van der Waals surface area contributed by atoms with Crippen molar-refractivity contribution in [2.45, 2.75) is 97.5 Å². The number of benzene rings is 2. The fourth-order valence-corrected chi connectivity index (χ4v) is 5.89. The molecule has 1 N–H and O–H groups in total. The predicted octanol–water partition coefficient (Wildman–Crippen LogP) is 6.72. The highest BCUT2D eigenvalue weighted by Gasteiger charge is 2.44. The molecule has 1 fully saturated rings. The number of carbonyl (C=O) groups is 1. The van der Waals surface area contributed by atoms with Crippen molar-refractivity contribution >= 4 is 11.8 Å². The molecule has 0 atom stereocenters. The molecule has 3 aromatic rings. The van der Waals surface area contributed by atoms with Gasteiger partial charge in [-0.2, -0.15) is 4.98 Å². The molecule has 0 aliphatic carbocycles. The summed E-state index contributed by atoms with van der Waals surface area (Å²) in [5.41, 5.74) is 5.49. The molecule has 0 radical (unpaired) electrons. The van der Waals surface area contributed by atoms with E-state index >= 15 is 0 Å². The van der Waals surface area contributed by atoms with Gasteiger partial charge in [0.05, 0.1) is 13.2 Å². The van der Waals surface area contributed by atoms with Gasteiger partial charge in [-0.15, -0.1) is 0 Å². The van der Waals surface area contributed by atoms with Crippen LogP contribution in [0.5, 0.6) is 0 Å². The fourth-order valence-electron chi connectivity index (χ4n) is 5.89. The van der Waals surface area contributed by atoms with Crippen LogP contribution in [0, 0.1) is 0 Å². The van der Waals surface area contributed by atoms with Crippen molar-refractivity contribution in [2.24, 2.45) is 0 Å². The van der Waals surface area contributed by atoms with Crippen LogP contribution in [0.1, 0.15) is 78.0 Å². The first-order valence-electron chi connectivity index (χ1n) is 15.5. The van der Waals surface area contributed by atoms with Gasteiger partial charge in [0.25, 0.3) is 5.89 Å². The smallest absolute Gasteiger partial charge is 0.408 e. The van der Waals surface area contributed by atoms with Crippen LogP contribution in [0.2, 0.25) is 0 Å². The van der Waals surface area contributed by atoms with Crippen molar-refractivity contribution < 1.29 is 23.5 Å². The molecule has 3 heterocycles. The lowest BCUT2D eigenvalue weighted by atomic mass is 9.97. The van der Waals surface area contributed by atoms with Gasteiger partial charge >= 0.3 is 6.09 Å². The summed E-state index contributed by atoms with van der Waals surface area (Å²) in [4.78, 5) is 20.0. The predicted molar refractivity (Wildman–Crippen MR) is 167 cm³/mol. The SMILES string of the molecule is CCCc1ccc(-c2nc(-c3cccc4c3CCN4CC3(NC(=O)OC(C)(C)C)COC(C)(C)OC3)no2)cc1CCC. The summed E-state index contributed by atoms with van der Waals surface area (Å²) in [6.07, 6.45) is 4.64. The Labute approximate surface area is 255 Å². The molecule has 2 aliphatic rings. The number of nitrogens with zero attached hydrogens (tertiary/aromatic N) is 3. The summed E-state index contributed by atoms with van der Waals surface area (Å²) >= 11 is 0. The van der Waals surface area contributed by atoms with E-state index in [4.69, 9.17) is 23.7 Å². The maximum atomic E-state index is 12.9. The maximum Gasteiger partial charge on any atom is 0.408 e. The zero-order valence-electron chi connectivity index (χ0n) is 26.7. The third-order valence-electron chi connectivity index (χ3n) is 7.93. The Morgan fingerprint density at radius 2 is 1.77 bits per heavy atom. The van der Waals surface area contributed by atoms with E-state index < -0.39 is 23.0 Å². The molecular formula is C34H46N4O5. The number of hydrogen-bond donors (Lipinski definition) is 1. The van der Waals surface area contributed by atoms with Gasteiger partial charge in [-0.05, 0) is 88.8 Å². The first-order valence-corrected chi connectivity index (χ1v) is 15.5. The molecular weight excluding hydrogens is 544 g/mol. The number of nitrogens with one attached hydrogen (secondary N) is 1. The average molecular weight is 591 g/mol. The zero-order chi connectivity index (χ0) is 30.8. The second-order valence-electron chi connectivity index (χ2n) is 13.3. The van der Waals surface area contributed by atoms with Gasteiger partial charge in [0.15, 0.2) is 5.79 Å². The molecule has 2 aromatic carbocycles. The molecule has 0 bridgehead atoms. The molecule has 5 rings (SSSR count). The normalized spacial score (nSPS) is 17.5. The summed E-state index contributed by atoms with van der Waals surface area (Å²) in [5.74, 6) is 0.387. The molecule has 1 amide bonds. The average Bonchev–Trinajstić information content (AvgIpc) is 3.59. The van der Waals surface area contributed by atoms with E-state index in [0.29, 0.717) is 31.5 Å². The minimum absolute atomic E-state index is 0.302. The summed E-state index contributed by atoms with van der Waals surface area (Å²) in [7, 11) is 0.